The van der Waals surface area contributed by atoms with E-state index in [0.717, 1.165) is 12.2 Å². The van der Waals surface area contributed by atoms with E-state index in [9.17, 15) is 4.79 Å². The van der Waals surface area contributed by atoms with Gasteiger partial charge in [0.15, 0.2) is 0 Å². The van der Waals surface area contributed by atoms with E-state index < -0.39 is 5.97 Å². The van der Waals surface area contributed by atoms with Crippen molar-refractivity contribution in [3.63, 3.8) is 0 Å². The van der Waals surface area contributed by atoms with Gasteiger partial charge in [0.2, 0.25) is 0 Å². The number of carboxylic acids is 1. The molecule has 0 spiro atoms. The van der Waals surface area contributed by atoms with Gasteiger partial charge in [-0.2, -0.15) is 0 Å². The summed E-state index contributed by atoms with van der Waals surface area (Å²) in [5.41, 5.74) is 0.171. The standard InChI is InChI=1S/C10H13NO3/c1-8(10(12)13)7-11-5-4-9-3-2-6-14-9/h2-3,6,11H,1,4-5,7H2,(H,12,13). The van der Waals surface area contributed by atoms with Crippen molar-refractivity contribution in [1.82, 2.24) is 5.32 Å². The minimum Gasteiger partial charge on any atom is -0.478 e. The highest BCUT2D eigenvalue weighted by molar-refractivity contribution is 5.86. The first kappa shape index (κ1) is 10.5. The maximum atomic E-state index is 10.4. The molecule has 0 aliphatic rings. The molecule has 2 N–H and O–H groups in total. The molecule has 0 amide bonds. The summed E-state index contributed by atoms with van der Waals surface area (Å²) in [5, 5.41) is 11.5. The van der Waals surface area contributed by atoms with Gasteiger partial charge in [-0.25, -0.2) is 4.79 Å². The van der Waals surface area contributed by atoms with Crippen LogP contribution in [0.25, 0.3) is 0 Å². The summed E-state index contributed by atoms with van der Waals surface area (Å²) >= 11 is 0. The van der Waals surface area contributed by atoms with E-state index in [2.05, 4.69) is 11.9 Å². The predicted octanol–water partition coefficient (Wildman–Crippen LogP) is 1.05. The van der Waals surface area contributed by atoms with E-state index in [1.54, 1.807) is 6.26 Å². The molecule has 1 heterocycles. The van der Waals surface area contributed by atoms with Crippen molar-refractivity contribution >= 4 is 5.97 Å². The molecule has 76 valence electrons. The summed E-state index contributed by atoms with van der Waals surface area (Å²) in [7, 11) is 0. The second kappa shape index (κ2) is 5.24. The highest BCUT2D eigenvalue weighted by atomic mass is 16.4. The molecule has 0 saturated carbocycles. The summed E-state index contributed by atoms with van der Waals surface area (Å²) in [6.45, 7) is 4.39. The van der Waals surface area contributed by atoms with Gasteiger partial charge < -0.3 is 14.8 Å². The average Bonchev–Trinajstić information content (AvgIpc) is 2.64. The van der Waals surface area contributed by atoms with Crippen LogP contribution in [0.15, 0.2) is 35.0 Å². The Morgan fingerprint density at radius 2 is 2.43 bits per heavy atom. The Morgan fingerprint density at radius 1 is 1.64 bits per heavy atom. The van der Waals surface area contributed by atoms with Gasteiger partial charge in [0, 0.05) is 25.1 Å². The van der Waals surface area contributed by atoms with Crippen LogP contribution in [0.3, 0.4) is 0 Å². The fourth-order valence-corrected chi connectivity index (χ4v) is 0.981. The first-order valence-corrected chi connectivity index (χ1v) is 4.34. The zero-order valence-electron chi connectivity index (χ0n) is 7.82. The van der Waals surface area contributed by atoms with E-state index in [1.807, 2.05) is 12.1 Å². The topological polar surface area (TPSA) is 62.5 Å². The third-order valence-corrected chi connectivity index (χ3v) is 1.77. The number of nitrogens with one attached hydrogen (secondary N) is 1. The van der Waals surface area contributed by atoms with Gasteiger partial charge >= 0.3 is 5.97 Å². The van der Waals surface area contributed by atoms with E-state index in [4.69, 9.17) is 9.52 Å². The molecular formula is C10H13NO3. The van der Waals surface area contributed by atoms with Gasteiger partial charge in [-0.05, 0) is 12.1 Å². The van der Waals surface area contributed by atoms with Crippen molar-refractivity contribution in [2.45, 2.75) is 6.42 Å². The molecule has 1 aromatic heterocycles. The first-order chi connectivity index (χ1) is 6.70. The number of hydrogen-bond donors (Lipinski definition) is 2. The summed E-state index contributed by atoms with van der Waals surface area (Å²) in [6.07, 6.45) is 2.37. The zero-order chi connectivity index (χ0) is 10.4. The summed E-state index contributed by atoms with van der Waals surface area (Å²) in [5.74, 6) is -0.0751. The monoisotopic (exact) mass is 195 g/mol. The molecule has 0 aliphatic heterocycles. The van der Waals surface area contributed by atoms with Gasteiger partial charge in [-0.1, -0.05) is 6.58 Å². The van der Waals surface area contributed by atoms with E-state index in [1.165, 1.54) is 0 Å². The molecule has 0 bridgehead atoms. The molecule has 0 atom stereocenters. The number of aliphatic carboxylic acids is 1. The lowest BCUT2D eigenvalue weighted by Gasteiger charge is -2.02. The van der Waals surface area contributed by atoms with Crippen LogP contribution < -0.4 is 5.32 Å². The summed E-state index contributed by atoms with van der Waals surface area (Å²) in [6, 6.07) is 3.71. The second-order valence-corrected chi connectivity index (χ2v) is 2.91. The molecule has 0 aromatic carbocycles. The van der Waals surface area contributed by atoms with Crippen molar-refractivity contribution in [1.29, 1.82) is 0 Å². The Balaban J connectivity index is 2.11. The largest absolute Gasteiger partial charge is 0.478 e. The molecule has 0 aliphatic carbocycles. The molecule has 1 aromatic rings. The number of carbonyl (C=O) groups is 1. The van der Waals surface area contributed by atoms with Crippen LogP contribution in [0.5, 0.6) is 0 Å². The lowest BCUT2D eigenvalue weighted by Crippen LogP contribution is -2.22. The first-order valence-electron chi connectivity index (χ1n) is 4.34. The predicted molar refractivity (Wildman–Crippen MR) is 52.1 cm³/mol. The minimum atomic E-state index is -0.963. The van der Waals surface area contributed by atoms with Crippen LogP contribution in [-0.2, 0) is 11.2 Å². The van der Waals surface area contributed by atoms with Crippen molar-refractivity contribution in [3.8, 4) is 0 Å². The van der Waals surface area contributed by atoms with Crippen molar-refractivity contribution in [2.75, 3.05) is 13.1 Å². The minimum absolute atomic E-state index is 0.171. The molecule has 14 heavy (non-hydrogen) atoms. The highest BCUT2D eigenvalue weighted by Gasteiger charge is 2.02. The quantitative estimate of drug-likeness (QED) is 0.526. The molecule has 0 unspecified atom stereocenters. The van der Waals surface area contributed by atoms with Gasteiger partial charge in [0.1, 0.15) is 5.76 Å². The highest BCUT2D eigenvalue weighted by Crippen LogP contribution is 1.99. The Bertz CT molecular complexity index is 303. The molecule has 4 heteroatoms. The maximum absolute atomic E-state index is 10.4. The van der Waals surface area contributed by atoms with Gasteiger partial charge in [0.05, 0.1) is 6.26 Å². The Hall–Kier alpha value is -1.55. The van der Waals surface area contributed by atoms with Crippen LogP contribution in [0.2, 0.25) is 0 Å². The van der Waals surface area contributed by atoms with Crippen molar-refractivity contribution in [3.05, 3.63) is 36.3 Å². The molecule has 0 fully saturated rings. The van der Waals surface area contributed by atoms with Crippen LogP contribution in [0.4, 0.5) is 0 Å². The normalized spacial score (nSPS) is 10.0. The van der Waals surface area contributed by atoms with Crippen molar-refractivity contribution < 1.29 is 14.3 Å². The van der Waals surface area contributed by atoms with E-state index in [0.29, 0.717) is 13.1 Å². The molecule has 4 nitrogen and oxygen atoms in total. The molecule has 1 rings (SSSR count). The van der Waals surface area contributed by atoms with Gasteiger partial charge in [-0.3, -0.25) is 0 Å². The van der Waals surface area contributed by atoms with Crippen LogP contribution in [0, 0.1) is 0 Å². The number of carboxylic acid groups (broad SMARTS) is 1. The summed E-state index contributed by atoms with van der Waals surface area (Å²) in [4.78, 5) is 10.4. The van der Waals surface area contributed by atoms with Crippen LogP contribution in [-0.4, -0.2) is 24.2 Å². The van der Waals surface area contributed by atoms with E-state index >= 15 is 0 Å². The number of rotatable bonds is 6. The smallest absolute Gasteiger partial charge is 0.332 e. The van der Waals surface area contributed by atoms with Gasteiger partial charge in [-0.15, -0.1) is 0 Å². The van der Waals surface area contributed by atoms with Crippen LogP contribution in [0.1, 0.15) is 5.76 Å². The van der Waals surface area contributed by atoms with Crippen molar-refractivity contribution in [2.24, 2.45) is 0 Å². The average molecular weight is 195 g/mol. The Kier molecular flexibility index (Phi) is 3.94. The Morgan fingerprint density at radius 3 is 3.00 bits per heavy atom. The molecular weight excluding hydrogens is 182 g/mol. The number of furan rings is 1. The SMILES string of the molecule is C=C(CNCCc1ccco1)C(=O)O. The lowest BCUT2D eigenvalue weighted by atomic mass is 10.3. The lowest BCUT2D eigenvalue weighted by molar-refractivity contribution is -0.132. The van der Waals surface area contributed by atoms with Gasteiger partial charge in [0.25, 0.3) is 0 Å². The molecule has 0 radical (unpaired) electrons. The Labute approximate surface area is 82.2 Å². The maximum Gasteiger partial charge on any atom is 0.332 e. The fraction of sp³-hybridized carbons (Fsp3) is 0.300. The zero-order valence-corrected chi connectivity index (χ0v) is 7.82. The fourth-order valence-electron chi connectivity index (χ4n) is 0.981. The third-order valence-electron chi connectivity index (χ3n) is 1.77. The second-order valence-electron chi connectivity index (χ2n) is 2.91. The third kappa shape index (κ3) is 3.45. The molecule has 0 saturated heterocycles. The number of hydrogen-bond acceptors (Lipinski definition) is 3. The van der Waals surface area contributed by atoms with Crippen LogP contribution >= 0.6 is 0 Å². The van der Waals surface area contributed by atoms with E-state index in [-0.39, 0.29) is 5.57 Å². The summed E-state index contributed by atoms with van der Waals surface area (Å²) < 4.78 is 5.11.